The second-order valence-electron chi connectivity index (χ2n) is 8.77. The number of carbonyl (C=O) groups is 1. The van der Waals surface area contributed by atoms with Crippen LogP contribution in [-0.4, -0.2) is 89.6 Å². The number of carboxylic acids is 1. The number of aliphatic carboxylic acids is 1. The van der Waals surface area contributed by atoms with E-state index in [2.05, 4.69) is 5.32 Å². The molecule has 3 rings (SSSR count). The van der Waals surface area contributed by atoms with E-state index in [9.17, 15) is 18.3 Å². The first-order valence-electron chi connectivity index (χ1n) is 10.5. The van der Waals surface area contributed by atoms with Crippen molar-refractivity contribution in [2.45, 2.75) is 56.4 Å². The highest BCUT2D eigenvalue weighted by molar-refractivity contribution is 7.86. The van der Waals surface area contributed by atoms with Crippen LogP contribution in [0.1, 0.15) is 38.5 Å². The summed E-state index contributed by atoms with van der Waals surface area (Å²) >= 11 is 0. The van der Waals surface area contributed by atoms with Gasteiger partial charge in [0.05, 0.1) is 0 Å². The average Bonchev–Trinajstić information content (AvgIpc) is 3.42. The lowest BCUT2D eigenvalue weighted by Gasteiger charge is -2.36. The standard InChI is InChI=1S/C17H33BN4O6S/c19-17(16(23)24)12-21(11-14(17)3-1-7-18(25)26)29(27,28)22(10-13-5-6-13)15-4-2-8-20-9-15/h13-15,20,25-26H,1-12,19H2,(H,23,24)/t14-,15+,17-/m0/s1. The molecule has 0 amide bonds. The van der Waals surface area contributed by atoms with Crippen LogP contribution in [0.4, 0.5) is 0 Å². The third-order valence-electron chi connectivity index (χ3n) is 6.44. The van der Waals surface area contributed by atoms with Crippen molar-refractivity contribution in [3.05, 3.63) is 0 Å². The maximum Gasteiger partial charge on any atom is 0.451 e. The van der Waals surface area contributed by atoms with E-state index in [1.165, 1.54) is 4.31 Å². The fourth-order valence-electron chi connectivity index (χ4n) is 4.42. The SMILES string of the molecule is N[C@@]1(C(=O)O)CN(S(=O)(=O)N(CC2CC2)[C@@H]2CCCNC2)C[C@@H]1CCCB(O)O. The van der Waals surface area contributed by atoms with Gasteiger partial charge in [0.25, 0.3) is 10.2 Å². The van der Waals surface area contributed by atoms with Gasteiger partial charge in [-0.25, -0.2) is 0 Å². The van der Waals surface area contributed by atoms with Gasteiger partial charge < -0.3 is 26.2 Å². The maximum absolute atomic E-state index is 13.5. The summed E-state index contributed by atoms with van der Waals surface area (Å²) in [4.78, 5) is 11.9. The van der Waals surface area contributed by atoms with Crippen LogP contribution in [0.3, 0.4) is 0 Å². The van der Waals surface area contributed by atoms with Gasteiger partial charge in [-0.3, -0.25) is 4.79 Å². The van der Waals surface area contributed by atoms with Crippen LogP contribution in [0.15, 0.2) is 0 Å². The predicted octanol–water partition coefficient (Wildman–Crippen LogP) is -1.34. The van der Waals surface area contributed by atoms with Crippen LogP contribution in [0, 0.1) is 11.8 Å². The molecular weight excluding hydrogens is 399 g/mol. The summed E-state index contributed by atoms with van der Waals surface area (Å²) in [6, 6.07) is -0.130. The van der Waals surface area contributed by atoms with E-state index in [1.807, 2.05) is 0 Å². The summed E-state index contributed by atoms with van der Waals surface area (Å²) in [6.45, 7) is 1.72. The largest absolute Gasteiger partial charge is 0.480 e. The minimum Gasteiger partial charge on any atom is -0.480 e. The molecule has 10 nitrogen and oxygen atoms in total. The molecule has 2 heterocycles. The molecule has 2 aliphatic heterocycles. The van der Waals surface area contributed by atoms with Gasteiger partial charge in [0, 0.05) is 38.1 Å². The van der Waals surface area contributed by atoms with Gasteiger partial charge in [-0.1, -0.05) is 6.42 Å². The zero-order valence-electron chi connectivity index (χ0n) is 16.7. The summed E-state index contributed by atoms with van der Waals surface area (Å²) in [5.74, 6) is -1.43. The maximum atomic E-state index is 13.5. The van der Waals surface area contributed by atoms with Gasteiger partial charge in [-0.15, -0.1) is 0 Å². The number of carboxylic acid groups (broad SMARTS) is 1. The molecule has 2 saturated heterocycles. The normalized spacial score (nSPS) is 31.3. The number of rotatable bonds is 10. The molecule has 0 radical (unpaired) electrons. The van der Waals surface area contributed by atoms with Gasteiger partial charge in [0.2, 0.25) is 0 Å². The molecule has 3 aliphatic rings. The fraction of sp³-hybridized carbons (Fsp3) is 0.941. The van der Waals surface area contributed by atoms with E-state index in [0.29, 0.717) is 31.8 Å². The van der Waals surface area contributed by atoms with Crippen molar-refractivity contribution in [3.8, 4) is 0 Å². The van der Waals surface area contributed by atoms with E-state index in [-0.39, 0.29) is 25.5 Å². The summed E-state index contributed by atoms with van der Waals surface area (Å²) in [5.41, 5.74) is 4.50. The Morgan fingerprint density at radius 2 is 2.03 bits per heavy atom. The van der Waals surface area contributed by atoms with E-state index < -0.39 is 34.8 Å². The molecule has 0 aromatic rings. The number of hydrogen-bond donors (Lipinski definition) is 5. The molecule has 1 aliphatic carbocycles. The van der Waals surface area contributed by atoms with Crippen LogP contribution < -0.4 is 11.1 Å². The molecule has 0 aromatic heterocycles. The molecule has 12 heteroatoms. The van der Waals surface area contributed by atoms with Crippen molar-refractivity contribution in [2.75, 3.05) is 32.7 Å². The van der Waals surface area contributed by atoms with E-state index in [4.69, 9.17) is 15.8 Å². The Hall–Kier alpha value is -0.755. The van der Waals surface area contributed by atoms with Crippen molar-refractivity contribution in [1.82, 2.24) is 13.9 Å². The summed E-state index contributed by atoms with van der Waals surface area (Å²) in [7, 11) is -5.32. The molecule has 0 bridgehead atoms. The Bertz CT molecular complexity index is 685. The minimum atomic E-state index is -3.85. The van der Waals surface area contributed by atoms with Crippen LogP contribution >= 0.6 is 0 Å². The fourth-order valence-corrected chi connectivity index (χ4v) is 6.42. The van der Waals surface area contributed by atoms with E-state index in [1.54, 1.807) is 4.31 Å². The third-order valence-corrected chi connectivity index (χ3v) is 8.41. The molecule has 0 unspecified atom stereocenters. The number of nitrogens with zero attached hydrogens (tertiary/aromatic N) is 2. The lowest BCUT2D eigenvalue weighted by Crippen LogP contribution is -2.57. The van der Waals surface area contributed by atoms with Crippen LogP contribution in [0.25, 0.3) is 0 Å². The van der Waals surface area contributed by atoms with Gasteiger partial charge in [0.1, 0.15) is 5.54 Å². The van der Waals surface area contributed by atoms with Crippen molar-refractivity contribution >= 4 is 23.3 Å². The molecule has 1 saturated carbocycles. The molecular formula is C17H33BN4O6S. The Morgan fingerprint density at radius 3 is 2.59 bits per heavy atom. The first kappa shape index (κ1) is 22.9. The smallest absolute Gasteiger partial charge is 0.451 e. The third kappa shape index (κ3) is 5.30. The van der Waals surface area contributed by atoms with Crippen LogP contribution in [0.2, 0.25) is 6.32 Å². The zero-order valence-corrected chi connectivity index (χ0v) is 17.6. The second kappa shape index (κ2) is 9.17. The Morgan fingerprint density at radius 1 is 1.31 bits per heavy atom. The summed E-state index contributed by atoms with van der Waals surface area (Å²) in [6.07, 6.45) is 4.52. The number of nitrogens with one attached hydrogen (secondary N) is 1. The van der Waals surface area contributed by atoms with Gasteiger partial charge in [-0.05, 0) is 50.9 Å². The zero-order chi connectivity index (χ0) is 21.2. The predicted molar refractivity (Wildman–Crippen MR) is 108 cm³/mol. The van der Waals surface area contributed by atoms with Crippen molar-refractivity contribution in [2.24, 2.45) is 17.6 Å². The molecule has 3 fully saturated rings. The van der Waals surface area contributed by atoms with Crippen molar-refractivity contribution < 1.29 is 28.4 Å². The Kier molecular flexibility index (Phi) is 7.25. The summed E-state index contributed by atoms with van der Waals surface area (Å²) < 4.78 is 29.9. The molecule has 3 atom stereocenters. The molecule has 0 aromatic carbocycles. The minimum absolute atomic E-state index is 0.0357. The van der Waals surface area contributed by atoms with Crippen molar-refractivity contribution in [3.63, 3.8) is 0 Å². The van der Waals surface area contributed by atoms with E-state index in [0.717, 1.165) is 32.2 Å². The monoisotopic (exact) mass is 432 g/mol. The number of hydrogen-bond acceptors (Lipinski definition) is 7. The van der Waals surface area contributed by atoms with E-state index >= 15 is 0 Å². The highest BCUT2D eigenvalue weighted by atomic mass is 32.2. The Balaban J connectivity index is 1.77. The second-order valence-corrected chi connectivity index (χ2v) is 10.6. The number of piperidine rings is 1. The quantitative estimate of drug-likeness (QED) is 0.266. The summed E-state index contributed by atoms with van der Waals surface area (Å²) in [5, 5.41) is 31.1. The van der Waals surface area contributed by atoms with Gasteiger partial charge in [-0.2, -0.15) is 17.0 Å². The Labute approximate surface area is 172 Å². The first-order chi connectivity index (χ1) is 13.6. The van der Waals surface area contributed by atoms with Gasteiger partial charge >= 0.3 is 13.1 Å². The van der Waals surface area contributed by atoms with Gasteiger partial charge in [0.15, 0.2) is 0 Å². The average molecular weight is 432 g/mol. The first-order valence-corrected chi connectivity index (χ1v) is 11.9. The molecule has 166 valence electrons. The molecule has 0 spiro atoms. The number of nitrogens with two attached hydrogens (primary N) is 1. The van der Waals surface area contributed by atoms with Crippen LogP contribution in [0.5, 0.6) is 0 Å². The molecule has 6 N–H and O–H groups in total. The lowest BCUT2D eigenvalue weighted by molar-refractivity contribution is -0.144. The highest BCUT2D eigenvalue weighted by Gasteiger charge is 2.54. The lowest BCUT2D eigenvalue weighted by atomic mass is 9.78. The topological polar surface area (TPSA) is 156 Å². The van der Waals surface area contributed by atoms with Crippen molar-refractivity contribution in [1.29, 1.82) is 0 Å². The molecule has 29 heavy (non-hydrogen) atoms. The van der Waals surface area contributed by atoms with Crippen LogP contribution in [-0.2, 0) is 15.0 Å². The highest BCUT2D eigenvalue weighted by Crippen LogP contribution is 2.36.